The fourth-order valence-electron chi connectivity index (χ4n) is 11.5. The smallest absolute Gasteiger partial charge is 0.176 e. The summed E-state index contributed by atoms with van der Waals surface area (Å²) in [6.07, 6.45) is 0. The average molecular weight is 899 g/mol. The van der Waals surface area contributed by atoms with Crippen molar-refractivity contribution in [3.05, 3.63) is 269 Å². The lowest BCUT2D eigenvalue weighted by atomic mass is 9.66. The van der Waals surface area contributed by atoms with Gasteiger partial charge in [-0.2, -0.15) is 0 Å². The summed E-state index contributed by atoms with van der Waals surface area (Å²) in [7, 11) is 0. The third-order valence-electron chi connectivity index (χ3n) is 14.6. The molecule has 3 N–H and O–H groups in total. The normalized spacial score (nSPS) is 14.0. The van der Waals surface area contributed by atoms with Gasteiger partial charge in [0.1, 0.15) is 22.5 Å². The highest BCUT2D eigenvalue weighted by molar-refractivity contribution is 6.33. The Morgan fingerprint density at radius 2 is 1.04 bits per heavy atom. The summed E-state index contributed by atoms with van der Waals surface area (Å²) in [5, 5.41) is 16.4. The van der Waals surface area contributed by atoms with Crippen molar-refractivity contribution in [2.45, 2.75) is 19.3 Å². The highest BCUT2D eigenvalue weighted by Gasteiger charge is 2.47. The number of aryl methyl sites for hydroxylation is 2. The molecule has 11 aromatic carbocycles. The molecule has 14 rings (SSSR count). The van der Waals surface area contributed by atoms with Crippen LogP contribution in [-0.2, 0) is 5.41 Å². The van der Waals surface area contributed by atoms with E-state index < -0.39 is 5.41 Å². The zero-order chi connectivity index (χ0) is 47.1. The van der Waals surface area contributed by atoms with Crippen LogP contribution in [0.2, 0.25) is 0 Å². The van der Waals surface area contributed by atoms with Crippen LogP contribution >= 0.6 is 0 Å². The lowest BCUT2D eigenvalue weighted by Gasteiger charge is -2.35. The Labute approximate surface area is 405 Å². The van der Waals surface area contributed by atoms with Crippen LogP contribution in [-0.4, -0.2) is 5.71 Å². The molecular weight excluding hydrogens is 853 g/mol. The summed E-state index contributed by atoms with van der Waals surface area (Å²) in [5.74, 6) is 0.433. The monoisotopic (exact) mass is 898 g/mol. The van der Waals surface area contributed by atoms with E-state index in [0.29, 0.717) is 22.7 Å². The van der Waals surface area contributed by atoms with Gasteiger partial charge in [0.25, 0.3) is 0 Å². The molecule has 1 aliphatic carbocycles. The van der Waals surface area contributed by atoms with Crippen LogP contribution < -0.4 is 5.73 Å². The summed E-state index contributed by atoms with van der Waals surface area (Å²) in [4.78, 5) is 0. The molecule has 0 radical (unpaired) electrons. The van der Waals surface area contributed by atoms with Crippen molar-refractivity contribution in [3.63, 3.8) is 0 Å². The fraction of sp³-hybridized carbons (Fsp3) is 0.0455. The number of anilines is 1. The average Bonchev–Trinajstić information content (AvgIpc) is 4.07. The van der Waals surface area contributed by atoms with Crippen LogP contribution in [0.5, 0.6) is 0 Å². The van der Waals surface area contributed by atoms with E-state index in [0.717, 1.165) is 22.1 Å². The first-order chi connectivity index (χ1) is 34.4. The first-order valence-electron chi connectivity index (χ1n) is 23.9. The summed E-state index contributed by atoms with van der Waals surface area (Å²) in [6.45, 7) is 4.44. The number of fused-ring (bicyclic) bond motifs is 7. The van der Waals surface area contributed by atoms with Gasteiger partial charge in [0.05, 0.1) is 11.1 Å². The minimum Gasteiger partial charge on any atom is -0.456 e. The molecule has 2 aromatic heterocycles. The molecule has 0 spiro atoms. The predicted molar refractivity (Wildman–Crippen MR) is 291 cm³/mol. The highest BCUT2D eigenvalue weighted by Crippen LogP contribution is 2.59. The summed E-state index contributed by atoms with van der Waals surface area (Å²) in [6, 6.07) is 80.1. The second kappa shape index (κ2) is 16.1. The lowest BCUT2D eigenvalue weighted by molar-refractivity contribution is 0.606. The predicted octanol–water partition coefficient (Wildman–Crippen LogP) is 17.1. The van der Waals surface area contributed by atoms with E-state index in [9.17, 15) is 0 Å². The third kappa shape index (κ3) is 6.20. The van der Waals surface area contributed by atoms with E-state index in [-0.39, 0.29) is 0 Å². The van der Waals surface area contributed by atoms with E-state index in [2.05, 4.69) is 184 Å². The van der Waals surface area contributed by atoms with Crippen molar-refractivity contribution >= 4 is 65.9 Å². The number of hydrogen-bond acceptors (Lipinski definition) is 4. The maximum atomic E-state index is 8.17. The van der Waals surface area contributed by atoms with Gasteiger partial charge >= 0.3 is 0 Å². The highest BCUT2D eigenvalue weighted by atomic mass is 16.3. The molecular formula is C66H46N2O2. The molecule has 0 amide bonds. The Hall–Kier alpha value is -8.99. The van der Waals surface area contributed by atoms with Gasteiger partial charge in [-0.3, -0.25) is 5.41 Å². The summed E-state index contributed by atoms with van der Waals surface area (Å²) >= 11 is 0. The van der Waals surface area contributed by atoms with Crippen molar-refractivity contribution in [1.29, 1.82) is 5.41 Å². The number of nitrogens with one attached hydrogen (secondary N) is 1. The Morgan fingerprint density at radius 3 is 1.80 bits per heavy atom. The van der Waals surface area contributed by atoms with Crippen molar-refractivity contribution in [1.82, 2.24) is 0 Å². The number of benzene rings is 11. The topological polar surface area (TPSA) is 76.2 Å². The molecule has 4 nitrogen and oxygen atoms in total. The van der Waals surface area contributed by atoms with E-state index in [1.54, 1.807) is 0 Å². The molecule has 4 heteroatoms. The van der Waals surface area contributed by atoms with E-state index in [1.165, 1.54) is 99.1 Å². The molecule has 1 aliphatic rings. The van der Waals surface area contributed by atoms with E-state index in [4.69, 9.17) is 20.0 Å². The number of furan rings is 2. The molecule has 0 saturated carbocycles. The maximum absolute atomic E-state index is 8.17. The molecule has 0 fully saturated rings. The third-order valence-corrected chi connectivity index (χ3v) is 14.6. The number of para-hydroxylation sites is 1. The van der Waals surface area contributed by atoms with Gasteiger partial charge in [-0.25, -0.2) is 0 Å². The van der Waals surface area contributed by atoms with Crippen LogP contribution in [0.25, 0.3) is 87.8 Å². The van der Waals surface area contributed by atoms with E-state index in [1.807, 2.05) is 54.6 Å². The molecule has 0 aliphatic heterocycles. The van der Waals surface area contributed by atoms with Gasteiger partial charge < -0.3 is 14.6 Å². The molecule has 332 valence electrons. The van der Waals surface area contributed by atoms with Crippen molar-refractivity contribution in [2.75, 3.05) is 5.73 Å². The quantitative estimate of drug-likeness (QED) is 0.129. The van der Waals surface area contributed by atoms with Crippen LogP contribution in [0.3, 0.4) is 0 Å². The Morgan fingerprint density at radius 1 is 0.429 bits per heavy atom. The maximum Gasteiger partial charge on any atom is 0.176 e. The lowest BCUT2D eigenvalue weighted by Crippen LogP contribution is -2.29. The second-order valence-electron chi connectivity index (χ2n) is 18.6. The standard InChI is InChI=1S/C51H34O.C15H12N2O/c1-31-12-8-14-33(28-31)34-24-27-41-45(30-34)51(36-15-4-3-5-16-36,43-20-7-6-13-32(43)2)44-21-9-17-37(48(41)44)35-25-26-38-39-18-10-22-46-49(39)50-40(42(38)29-35)19-11-23-47(50)52-46;16-13(10-6-2-1-3-7-10)15-14(17)11-8-4-5-9-12(11)18-15/h3-30H,1-2H3;1-9,16H,17H2. The first kappa shape index (κ1) is 41.2. The van der Waals surface area contributed by atoms with Gasteiger partial charge in [-0.05, 0) is 133 Å². The summed E-state index contributed by atoms with van der Waals surface area (Å²) in [5.41, 5.74) is 25.1. The van der Waals surface area contributed by atoms with Gasteiger partial charge in [-0.15, -0.1) is 0 Å². The van der Waals surface area contributed by atoms with Gasteiger partial charge in [0.2, 0.25) is 0 Å². The Bertz CT molecular complexity index is 4180. The van der Waals surface area contributed by atoms with Crippen LogP contribution in [0.1, 0.15) is 44.7 Å². The Balaban J connectivity index is 0.000000224. The molecule has 2 heterocycles. The van der Waals surface area contributed by atoms with Gasteiger partial charge in [0, 0.05) is 21.7 Å². The first-order valence-corrected chi connectivity index (χ1v) is 23.9. The molecule has 70 heavy (non-hydrogen) atoms. The van der Waals surface area contributed by atoms with Crippen LogP contribution in [0, 0.1) is 19.3 Å². The minimum atomic E-state index is -0.506. The zero-order valence-electron chi connectivity index (χ0n) is 38.8. The SMILES string of the molecule is Cc1cccc(-c2ccc3c(c2)C(c2ccccc2)(c2ccccc2C)c2cccc(-c4ccc5c(c4)c4cccc6oc7cccc5c7c64)c2-3)c1.N=C(c1ccccc1)c1oc2ccccc2c1N. The van der Waals surface area contributed by atoms with E-state index >= 15 is 0 Å². The fourth-order valence-corrected chi connectivity index (χ4v) is 11.5. The number of rotatable bonds is 6. The number of hydrogen-bond donors (Lipinski definition) is 2. The number of nitrogen functional groups attached to an aromatic ring is 1. The molecule has 0 saturated heterocycles. The van der Waals surface area contributed by atoms with Crippen LogP contribution in [0.4, 0.5) is 5.69 Å². The van der Waals surface area contributed by atoms with Crippen molar-refractivity contribution in [2.24, 2.45) is 0 Å². The second-order valence-corrected chi connectivity index (χ2v) is 18.6. The minimum absolute atomic E-state index is 0.310. The van der Waals surface area contributed by atoms with Crippen molar-refractivity contribution < 1.29 is 8.83 Å². The Kier molecular flexibility index (Phi) is 9.47. The van der Waals surface area contributed by atoms with Gasteiger partial charge in [-0.1, -0.05) is 194 Å². The summed E-state index contributed by atoms with van der Waals surface area (Å²) < 4.78 is 12.0. The molecule has 13 aromatic rings. The number of nitrogens with two attached hydrogens (primary N) is 1. The molecule has 0 bridgehead atoms. The zero-order valence-corrected chi connectivity index (χ0v) is 38.8. The van der Waals surface area contributed by atoms with Crippen LogP contribution in [0.15, 0.2) is 233 Å². The van der Waals surface area contributed by atoms with Gasteiger partial charge in [0.15, 0.2) is 5.76 Å². The van der Waals surface area contributed by atoms with Crippen molar-refractivity contribution in [3.8, 4) is 33.4 Å². The largest absolute Gasteiger partial charge is 0.456 e. The molecule has 1 unspecified atom stereocenters. The molecule has 1 atom stereocenters.